The summed E-state index contributed by atoms with van der Waals surface area (Å²) in [5.74, 6) is 0.824. The van der Waals surface area contributed by atoms with Crippen LogP contribution in [0.3, 0.4) is 0 Å². The molecule has 10 heteroatoms. The molecule has 146 valence electrons. The maximum atomic E-state index is 12.0. The number of aromatic nitrogens is 5. The van der Waals surface area contributed by atoms with Crippen molar-refractivity contribution >= 4 is 17.6 Å². The summed E-state index contributed by atoms with van der Waals surface area (Å²) in [5, 5.41) is 12.3. The molecule has 3 aromatic heterocycles. The Labute approximate surface area is 169 Å². The molecule has 4 aromatic rings. The fourth-order valence-electron chi connectivity index (χ4n) is 2.41. The second-order valence-corrected chi connectivity index (χ2v) is 6.36. The van der Waals surface area contributed by atoms with Crippen LogP contribution in [-0.2, 0) is 22.6 Å². The van der Waals surface area contributed by atoms with Crippen LogP contribution in [0.1, 0.15) is 18.2 Å². The highest BCUT2D eigenvalue weighted by Gasteiger charge is 2.14. The maximum Gasteiger partial charge on any atom is 0.306 e. The third kappa shape index (κ3) is 4.82. The summed E-state index contributed by atoms with van der Waals surface area (Å²) in [6, 6.07) is 10.6. The minimum absolute atomic E-state index is 0.0762. The average Bonchev–Trinajstić information content (AvgIpc) is 3.42. The summed E-state index contributed by atoms with van der Waals surface area (Å²) < 4.78 is 15.8. The monoisotopic (exact) mass is 411 g/mol. The van der Waals surface area contributed by atoms with E-state index in [1.807, 2.05) is 6.07 Å². The summed E-state index contributed by atoms with van der Waals surface area (Å²) in [4.78, 5) is 20.2. The minimum Gasteiger partial charge on any atom is -0.456 e. The number of hydrogen-bond donors (Lipinski definition) is 0. The number of rotatable bonds is 7. The highest BCUT2D eigenvalue weighted by Crippen LogP contribution is 2.20. The number of carbonyl (C=O) groups is 1. The molecule has 0 fully saturated rings. The number of hydrogen-bond acceptors (Lipinski definition) is 9. The highest BCUT2D eigenvalue weighted by atomic mass is 35.5. The first-order valence-corrected chi connectivity index (χ1v) is 9.02. The second-order valence-electron chi connectivity index (χ2n) is 5.92. The highest BCUT2D eigenvalue weighted by molar-refractivity contribution is 6.30. The molecule has 0 N–H and O–H groups in total. The number of halogens is 1. The Morgan fingerprint density at radius 3 is 2.72 bits per heavy atom. The lowest BCUT2D eigenvalue weighted by molar-refractivity contribution is -0.145. The van der Waals surface area contributed by atoms with Crippen molar-refractivity contribution in [3.63, 3.8) is 0 Å². The van der Waals surface area contributed by atoms with Gasteiger partial charge in [-0.05, 0) is 36.4 Å². The molecule has 0 atom stereocenters. The summed E-state index contributed by atoms with van der Waals surface area (Å²) >= 11 is 5.85. The van der Waals surface area contributed by atoms with E-state index in [4.69, 9.17) is 25.3 Å². The second kappa shape index (κ2) is 8.61. The van der Waals surface area contributed by atoms with Crippen molar-refractivity contribution in [3.8, 4) is 22.8 Å². The lowest BCUT2D eigenvalue weighted by atomic mass is 10.2. The minimum atomic E-state index is -0.447. The van der Waals surface area contributed by atoms with Crippen LogP contribution in [0.2, 0.25) is 5.02 Å². The molecule has 0 aliphatic carbocycles. The van der Waals surface area contributed by atoms with Crippen molar-refractivity contribution in [3.05, 3.63) is 65.6 Å². The number of carbonyl (C=O) groups excluding carboxylic acids is 1. The summed E-state index contributed by atoms with van der Waals surface area (Å²) in [6.07, 6.45) is 3.62. The topological polar surface area (TPSA) is 117 Å². The standard InChI is InChI=1S/C19H14ClN5O4/c20-14-5-3-12(4-6-14)19-24-23-16(28-19)11-27-17(26)8-7-15-22-18(25-29-15)13-2-1-9-21-10-13/h1-6,9-10H,7-8,11H2. The van der Waals surface area contributed by atoms with Crippen LogP contribution < -0.4 is 0 Å². The van der Waals surface area contributed by atoms with Gasteiger partial charge in [0.05, 0.1) is 6.42 Å². The van der Waals surface area contributed by atoms with Crippen molar-refractivity contribution in [1.29, 1.82) is 0 Å². The molecule has 0 unspecified atom stereocenters. The van der Waals surface area contributed by atoms with Crippen molar-refractivity contribution in [2.24, 2.45) is 0 Å². The lowest BCUT2D eigenvalue weighted by Crippen LogP contribution is -2.06. The number of pyridine rings is 1. The Balaban J connectivity index is 1.27. The van der Waals surface area contributed by atoms with Crippen LogP contribution in [0.5, 0.6) is 0 Å². The van der Waals surface area contributed by atoms with Gasteiger partial charge in [-0.15, -0.1) is 10.2 Å². The Morgan fingerprint density at radius 2 is 1.93 bits per heavy atom. The van der Waals surface area contributed by atoms with E-state index in [1.54, 1.807) is 42.7 Å². The molecule has 0 saturated heterocycles. The molecule has 9 nitrogen and oxygen atoms in total. The van der Waals surface area contributed by atoms with Gasteiger partial charge in [0.1, 0.15) is 0 Å². The van der Waals surface area contributed by atoms with Crippen LogP contribution in [0.4, 0.5) is 0 Å². The molecule has 1 aromatic carbocycles. The van der Waals surface area contributed by atoms with Crippen LogP contribution >= 0.6 is 11.6 Å². The van der Waals surface area contributed by atoms with E-state index >= 15 is 0 Å². The van der Waals surface area contributed by atoms with Crippen LogP contribution in [-0.4, -0.2) is 31.3 Å². The van der Waals surface area contributed by atoms with E-state index in [0.29, 0.717) is 22.6 Å². The normalized spacial score (nSPS) is 10.8. The first kappa shape index (κ1) is 18.8. The third-order valence-electron chi connectivity index (χ3n) is 3.85. The van der Waals surface area contributed by atoms with Gasteiger partial charge >= 0.3 is 5.97 Å². The maximum absolute atomic E-state index is 12.0. The van der Waals surface area contributed by atoms with Crippen LogP contribution in [0.25, 0.3) is 22.8 Å². The molecule has 0 spiro atoms. The number of aryl methyl sites for hydroxylation is 1. The Hall–Kier alpha value is -3.59. The molecular weight excluding hydrogens is 398 g/mol. The van der Waals surface area contributed by atoms with Crippen molar-refractivity contribution < 1.29 is 18.5 Å². The van der Waals surface area contributed by atoms with Gasteiger partial charge in [0.2, 0.25) is 17.6 Å². The molecule has 0 saturated carbocycles. The van der Waals surface area contributed by atoms with E-state index in [-0.39, 0.29) is 25.3 Å². The molecule has 0 aliphatic heterocycles. The molecule has 0 amide bonds. The number of nitrogens with zero attached hydrogens (tertiary/aromatic N) is 5. The van der Waals surface area contributed by atoms with E-state index in [0.717, 1.165) is 11.1 Å². The predicted octanol–water partition coefficient (Wildman–Crippen LogP) is 3.51. The Kier molecular flexibility index (Phi) is 5.57. The van der Waals surface area contributed by atoms with Gasteiger partial charge in [-0.1, -0.05) is 16.8 Å². The fourth-order valence-corrected chi connectivity index (χ4v) is 2.54. The molecule has 0 aliphatic rings. The van der Waals surface area contributed by atoms with Crippen molar-refractivity contribution in [2.75, 3.05) is 0 Å². The zero-order chi connectivity index (χ0) is 20.1. The first-order valence-electron chi connectivity index (χ1n) is 8.64. The number of esters is 1. The van der Waals surface area contributed by atoms with Gasteiger partial charge < -0.3 is 13.7 Å². The van der Waals surface area contributed by atoms with Crippen LogP contribution in [0.15, 0.2) is 57.7 Å². The zero-order valence-electron chi connectivity index (χ0n) is 15.0. The van der Waals surface area contributed by atoms with Gasteiger partial charge in [-0.25, -0.2) is 0 Å². The predicted molar refractivity (Wildman–Crippen MR) is 100 cm³/mol. The largest absolute Gasteiger partial charge is 0.456 e. The van der Waals surface area contributed by atoms with Gasteiger partial charge in [0.25, 0.3) is 5.89 Å². The van der Waals surface area contributed by atoms with Gasteiger partial charge in [-0.2, -0.15) is 4.98 Å². The third-order valence-corrected chi connectivity index (χ3v) is 4.10. The molecule has 4 rings (SSSR count). The summed E-state index contributed by atoms with van der Waals surface area (Å²) in [6.45, 7) is -0.121. The zero-order valence-corrected chi connectivity index (χ0v) is 15.7. The molecule has 0 radical (unpaired) electrons. The molecular formula is C19H14ClN5O4. The van der Waals surface area contributed by atoms with Crippen molar-refractivity contribution in [1.82, 2.24) is 25.3 Å². The van der Waals surface area contributed by atoms with E-state index < -0.39 is 5.97 Å². The SMILES string of the molecule is O=C(CCc1nc(-c2cccnc2)no1)OCc1nnc(-c2ccc(Cl)cc2)o1. The van der Waals surface area contributed by atoms with Gasteiger partial charge in [0, 0.05) is 35.0 Å². The van der Waals surface area contributed by atoms with E-state index in [2.05, 4.69) is 25.3 Å². The van der Waals surface area contributed by atoms with Crippen LogP contribution in [0, 0.1) is 0 Å². The smallest absolute Gasteiger partial charge is 0.306 e. The number of ether oxygens (including phenoxy) is 1. The molecule has 29 heavy (non-hydrogen) atoms. The fraction of sp³-hybridized carbons (Fsp3) is 0.158. The molecule has 3 heterocycles. The van der Waals surface area contributed by atoms with E-state index in [9.17, 15) is 4.79 Å². The summed E-state index contributed by atoms with van der Waals surface area (Å²) in [5.41, 5.74) is 1.46. The number of benzene rings is 1. The first-order chi connectivity index (χ1) is 14.2. The Morgan fingerprint density at radius 1 is 1.07 bits per heavy atom. The summed E-state index contributed by atoms with van der Waals surface area (Å²) in [7, 11) is 0. The lowest BCUT2D eigenvalue weighted by Gasteiger charge is -2.00. The van der Waals surface area contributed by atoms with E-state index in [1.165, 1.54) is 0 Å². The quantitative estimate of drug-likeness (QED) is 0.421. The van der Waals surface area contributed by atoms with Gasteiger partial charge in [0.15, 0.2) is 6.61 Å². The van der Waals surface area contributed by atoms with Gasteiger partial charge in [-0.3, -0.25) is 9.78 Å². The van der Waals surface area contributed by atoms with Crippen molar-refractivity contribution in [2.45, 2.75) is 19.4 Å². The Bertz CT molecular complexity index is 1100. The average molecular weight is 412 g/mol. The molecule has 0 bridgehead atoms.